The van der Waals surface area contributed by atoms with E-state index in [-0.39, 0.29) is 24.6 Å². The maximum Gasteiger partial charge on any atom is 0.246 e. The average molecular weight is 983 g/mol. The summed E-state index contributed by atoms with van der Waals surface area (Å²) in [4.78, 5) is 38.2. The molecule has 6 N–H and O–H groups in total. The van der Waals surface area contributed by atoms with E-state index in [1.54, 1.807) is 6.08 Å². The first kappa shape index (κ1) is 54.2. The number of pyridine rings is 1. The molecule has 1 aliphatic rings. The number of likely N-dealkylation sites (N-methyl/N-ethyl adjacent to an activating group) is 1. The number of ether oxygens (including phenoxy) is 2. The first-order chi connectivity index (χ1) is 35.2. The molecule has 5 aromatic heterocycles. The van der Waals surface area contributed by atoms with Crippen molar-refractivity contribution >= 4 is 40.0 Å². The minimum atomic E-state index is -0.0815. The van der Waals surface area contributed by atoms with Crippen LogP contribution in [0.3, 0.4) is 0 Å². The number of nitrogens with zero attached hydrogens (tertiary/aromatic N) is 11. The molecule has 2 aromatic carbocycles. The van der Waals surface area contributed by atoms with Gasteiger partial charge in [-0.25, -0.2) is 24.6 Å². The van der Waals surface area contributed by atoms with Crippen LogP contribution < -0.4 is 31.2 Å². The van der Waals surface area contributed by atoms with E-state index >= 15 is 0 Å². The highest BCUT2D eigenvalue weighted by Crippen LogP contribution is 2.35. The highest BCUT2D eigenvalue weighted by atomic mass is 16.5. The van der Waals surface area contributed by atoms with Crippen molar-refractivity contribution in [3.05, 3.63) is 115 Å². The molecule has 2 unspecified atom stereocenters. The SMILES string of the molecule is CCC.CCc1cnn2c(NCc3ccc(OCCN(C)C/C=C/C(=O)N4CCCC(n5nc(-c6ccc(Oc7ccccc7)cc6)c6c(N)ncnc65)C4)nc3)cc(N(CC)C(CC)CCO)nc12.CN. The zero-order valence-corrected chi connectivity index (χ0v) is 43.1. The summed E-state index contributed by atoms with van der Waals surface area (Å²) in [5, 5.41) is 23.6. The summed E-state index contributed by atoms with van der Waals surface area (Å²) in [5.41, 5.74) is 16.0. The molecular weight excluding hydrogens is 909 g/mol. The monoisotopic (exact) mass is 983 g/mol. The van der Waals surface area contributed by atoms with Gasteiger partial charge in [-0.3, -0.25) is 9.69 Å². The lowest BCUT2D eigenvalue weighted by atomic mass is 10.1. The third-order valence-corrected chi connectivity index (χ3v) is 12.3. The van der Waals surface area contributed by atoms with Crippen molar-refractivity contribution in [2.24, 2.45) is 5.73 Å². The summed E-state index contributed by atoms with van der Waals surface area (Å²) in [6.45, 7) is 14.9. The Hall–Kier alpha value is -7.15. The molecule has 1 amide bonds. The van der Waals surface area contributed by atoms with Gasteiger partial charge in [0, 0.05) is 87.4 Å². The van der Waals surface area contributed by atoms with Crippen LogP contribution in [0, 0.1) is 0 Å². The molecule has 0 radical (unpaired) electrons. The maximum absolute atomic E-state index is 13.5. The second-order valence-electron chi connectivity index (χ2n) is 17.5. The van der Waals surface area contributed by atoms with Crippen molar-refractivity contribution in [3.8, 4) is 28.6 Å². The average Bonchev–Trinajstić information content (AvgIpc) is 4.02. The van der Waals surface area contributed by atoms with Gasteiger partial charge in [0.25, 0.3) is 0 Å². The minimum Gasteiger partial charge on any atom is -0.476 e. The number of anilines is 3. The molecule has 384 valence electrons. The van der Waals surface area contributed by atoms with E-state index in [2.05, 4.69) is 75.5 Å². The van der Waals surface area contributed by atoms with Crippen LogP contribution in [0.1, 0.15) is 83.9 Å². The molecule has 1 fully saturated rings. The number of hydrogen-bond donors (Lipinski definition) is 4. The van der Waals surface area contributed by atoms with Crippen LogP contribution in [0.2, 0.25) is 0 Å². The van der Waals surface area contributed by atoms with Gasteiger partial charge >= 0.3 is 0 Å². The van der Waals surface area contributed by atoms with Gasteiger partial charge in [0.05, 0.1) is 17.6 Å². The largest absolute Gasteiger partial charge is 0.476 e. The minimum absolute atomic E-state index is 0.0387. The van der Waals surface area contributed by atoms with E-state index < -0.39 is 0 Å². The number of nitrogens with two attached hydrogens (primary N) is 2. The number of aryl methyl sites for hydroxylation is 1. The van der Waals surface area contributed by atoms with Crippen molar-refractivity contribution in [3.63, 3.8) is 0 Å². The number of aromatic nitrogens is 8. The molecule has 18 heteroatoms. The number of nitrogen functional groups attached to an aromatic ring is 1. The molecule has 7 aromatic rings. The van der Waals surface area contributed by atoms with Crippen molar-refractivity contribution in [1.82, 2.24) is 49.1 Å². The quantitative estimate of drug-likeness (QED) is 0.0500. The molecule has 0 saturated carbocycles. The van der Waals surface area contributed by atoms with Crippen LogP contribution in [0.25, 0.3) is 27.9 Å². The van der Waals surface area contributed by atoms with Gasteiger partial charge in [-0.05, 0) is 95.1 Å². The van der Waals surface area contributed by atoms with E-state index in [1.807, 2.05) is 112 Å². The predicted molar refractivity (Wildman–Crippen MR) is 287 cm³/mol. The van der Waals surface area contributed by atoms with Crippen LogP contribution in [-0.4, -0.2) is 126 Å². The molecule has 6 heterocycles. The standard InChI is InChI=1S/C50H61N13O4.C3H8.CH5N/c1-5-36-32-56-63-42(29-43(57-49(36)63)61(7-3)38(6-2)23-27-64)52-30-35-17-22-44(53-31-35)66-28-26-59(4)24-12-16-45(65)60-25-11-13-39(33-60)62-50-46(48(51)54-34-55-50)47(58-62)37-18-20-41(21-19-37)67-40-14-9-8-10-15-40;1-3-2;1-2/h8-10,12,14-22,29,31-32,34,38-39,52,64H,5-7,11,13,23-28,30,33H2,1-4H3,(H2,51,54,55);3H2,1-2H3;2H2,1H3/b16-12+;;. The van der Waals surface area contributed by atoms with E-state index in [9.17, 15) is 9.90 Å². The number of aliphatic hydroxyl groups excluding tert-OH is 1. The molecule has 2 atom stereocenters. The van der Waals surface area contributed by atoms with Gasteiger partial charge < -0.3 is 41.2 Å². The number of nitrogens with one attached hydrogen (secondary N) is 1. The normalized spacial score (nSPS) is 13.9. The lowest BCUT2D eigenvalue weighted by Crippen LogP contribution is -2.40. The number of amides is 1. The fourth-order valence-electron chi connectivity index (χ4n) is 8.60. The number of benzene rings is 2. The molecule has 0 aliphatic carbocycles. The lowest BCUT2D eigenvalue weighted by molar-refractivity contribution is -0.127. The molecule has 8 rings (SSSR count). The Morgan fingerprint density at radius 1 is 0.972 bits per heavy atom. The van der Waals surface area contributed by atoms with Crippen molar-refractivity contribution in [2.75, 3.05) is 76.0 Å². The number of likely N-dealkylation sites (tertiary alicyclic amines) is 1. The first-order valence-electron chi connectivity index (χ1n) is 25.3. The number of hydrogen-bond acceptors (Lipinski definition) is 15. The summed E-state index contributed by atoms with van der Waals surface area (Å²) >= 11 is 0. The van der Waals surface area contributed by atoms with E-state index in [1.165, 1.54) is 19.8 Å². The smallest absolute Gasteiger partial charge is 0.246 e. The number of aliphatic hydroxyl groups is 1. The molecule has 1 saturated heterocycles. The molecule has 1 aliphatic heterocycles. The van der Waals surface area contributed by atoms with E-state index in [0.29, 0.717) is 79.9 Å². The summed E-state index contributed by atoms with van der Waals surface area (Å²) < 4.78 is 15.8. The number of para-hydroxylation sites is 1. The lowest BCUT2D eigenvalue weighted by Gasteiger charge is -2.32. The number of rotatable bonds is 21. The fourth-order valence-corrected chi connectivity index (χ4v) is 8.60. The van der Waals surface area contributed by atoms with Crippen molar-refractivity contribution < 1.29 is 19.4 Å². The van der Waals surface area contributed by atoms with E-state index in [4.69, 9.17) is 25.3 Å². The van der Waals surface area contributed by atoms with Gasteiger partial charge in [0.15, 0.2) is 11.3 Å². The number of fused-ring (bicyclic) bond motifs is 2. The molecule has 0 spiro atoms. The molecule has 72 heavy (non-hydrogen) atoms. The van der Waals surface area contributed by atoms with Gasteiger partial charge in [-0.2, -0.15) is 14.7 Å². The third-order valence-electron chi connectivity index (χ3n) is 12.3. The van der Waals surface area contributed by atoms with Crippen LogP contribution in [0.4, 0.5) is 17.5 Å². The third kappa shape index (κ3) is 13.8. The van der Waals surface area contributed by atoms with Crippen LogP contribution >= 0.6 is 0 Å². The Balaban J connectivity index is 0.00000163. The molecule has 0 bridgehead atoms. The summed E-state index contributed by atoms with van der Waals surface area (Å²) in [6, 6.07) is 23.4. The molecule has 18 nitrogen and oxygen atoms in total. The number of carbonyl (C=O) groups is 1. The number of carbonyl (C=O) groups excluding carboxylic acids is 1. The Morgan fingerprint density at radius 3 is 2.43 bits per heavy atom. The zero-order chi connectivity index (χ0) is 51.4. The first-order valence-corrected chi connectivity index (χ1v) is 25.3. The van der Waals surface area contributed by atoms with Gasteiger partial charge in [0.1, 0.15) is 47.6 Å². The molecular formula is C54H74N14O4. The Bertz CT molecular complexity index is 2760. The Kier molecular flexibility index (Phi) is 20.7. The van der Waals surface area contributed by atoms with E-state index in [0.717, 1.165) is 72.0 Å². The summed E-state index contributed by atoms with van der Waals surface area (Å²) in [6.07, 6.45) is 14.1. The van der Waals surface area contributed by atoms with Gasteiger partial charge in [0.2, 0.25) is 11.8 Å². The van der Waals surface area contributed by atoms with Crippen LogP contribution in [0.15, 0.2) is 104 Å². The number of piperidine rings is 1. The van der Waals surface area contributed by atoms with Gasteiger partial charge in [-0.15, -0.1) is 0 Å². The fraction of sp³-hybridized carbons (Fsp3) is 0.426. The van der Waals surface area contributed by atoms with Crippen LogP contribution in [-0.2, 0) is 17.8 Å². The Morgan fingerprint density at radius 2 is 1.74 bits per heavy atom. The topological polar surface area (TPSA) is 216 Å². The highest BCUT2D eigenvalue weighted by molar-refractivity contribution is 5.98. The summed E-state index contributed by atoms with van der Waals surface area (Å²) in [5.74, 6) is 4.03. The second-order valence-corrected chi connectivity index (χ2v) is 17.5. The maximum atomic E-state index is 13.5. The summed E-state index contributed by atoms with van der Waals surface area (Å²) in [7, 11) is 3.49. The van der Waals surface area contributed by atoms with Gasteiger partial charge in [-0.1, -0.05) is 64.5 Å². The predicted octanol–water partition coefficient (Wildman–Crippen LogP) is 8.19. The second kappa shape index (κ2) is 27.5. The highest BCUT2D eigenvalue weighted by Gasteiger charge is 2.28. The zero-order valence-electron chi connectivity index (χ0n) is 43.1. The van der Waals surface area contributed by atoms with Crippen molar-refractivity contribution in [2.45, 2.75) is 91.8 Å². The van der Waals surface area contributed by atoms with Crippen molar-refractivity contribution in [1.29, 1.82) is 0 Å². The van der Waals surface area contributed by atoms with Crippen LogP contribution in [0.5, 0.6) is 17.4 Å². The Labute approximate surface area is 424 Å².